The zero-order valence-electron chi connectivity index (χ0n) is 10.8. The second-order valence-electron chi connectivity index (χ2n) is 5.37. The Morgan fingerprint density at radius 1 is 1.42 bits per heavy atom. The van der Waals surface area contributed by atoms with Gasteiger partial charge in [-0.25, -0.2) is 13.4 Å². The molecular formula is C13H17N3O2S. The third kappa shape index (κ3) is 1.95. The van der Waals surface area contributed by atoms with Gasteiger partial charge in [-0.3, -0.25) is 0 Å². The summed E-state index contributed by atoms with van der Waals surface area (Å²) in [5, 5.41) is 0. The predicted octanol–water partition coefficient (Wildman–Crippen LogP) is 1.35. The number of sulfone groups is 1. The van der Waals surface area contributed by atoms with Crippen LogP contribution in [0.3, 0.4) is 0 Å². The van der Waals surface area contributed by atoms with E-state index in [0.29, 0.717) is 11.4 Å². The standard InChI is InChI=1S/C13H17N3O2S/c1-19(17,18)9-3-4-10-11(7-9)16-12(15-10)13(8-14)5-2-6-13/h3-4,7H,2,5-6,8,14H2,1H3,(H,15,16). The molecule has 1 saturated carbocycles. The average Bonchev–Trinajstić information content (AvgIpc) is 2.69. The maximum absolute atomic E-state index is 11.5. The number of aromatic amines is 1. The minimum atomic E-state index is -3.19. The van der Waals surface area contributed by atoms with Crippen LogP contribution in [0.15, 0.2) is 23.1 Å². The van der Waals surface area contributed by atoms with Gasteiger partial charge in [0.15, 0.2) is 9.84 Å². The van der Waals surface area contributed by atoms with Gasteiger partial charge in [-0.2, -0.15) is 0 Å². The predicted molar refractivity (Wildman–Crippen MR) is 73.8 cm³/mol. The quantitative estimate of drug-likeness (QED) is 0.887. The number of aromatic nitrogens is 2. The normalized spacial score (nSPS) is 18.4. The number of hydrogen-bond donors (Lipinski definition) is 2. The lowest BCUT2D eigenvalue weighted by Gasteiger charge is -2.38. The van der Waals surface area contributed by atoms with Crippen LogP contribution >= 0.6 is 0 Å². The van der Waals surface area contributed by atoms with Crippen molar-refractivity contribution in [2.75, 3.05) is 12.8 Å². The Kier molecular flexibility index (Phi) is 2.69. The molecule has 1 aromatic heterocycles. The van der Waals surface area contributed by atoms with Gasteiger partial charge in [0.2, 0.25) is 0 Å². The Hall–Kier alpha value is -1.40. The van der Waals surface area contributed by atoms with E-state index in [4.69, 9.17) is 5.73 Å². The summed E-state index contributed by atoms with van der Waals surface area (Å²) in [6.07, 6.45) is 4.46. The maximum atomic E-state index is 11.5. The van der Waals surface area contributed by atoms with Crippen molar-refractivity contribution in [3.05, 3.63) is 24.0 Å². The van der Waals surface area contributed by atoms with Gasteiger partial charge in [0, 0.05) is 18.2 Å². The fourth-order valence-electron chi connectivity index (χ4n) is 2.61. The number of hydrogen-bond acceptors (Lipinski definition) is 4. The fourth-order valence-corrected chi connectivity index (χ4v) is 3.26. The van der Waals surface area contributed by atoms with Gasteiger partial charge in [0.1, 0.15) is 5.82 Å². The molecule has 0 spiro atoms. The monoisotopic (exact) mass is 279 g/mol. The number of nitrogens with one attached hydrogen (secondary N) is 1. The van der Waals surface area contributed by atoms with Gasteiger partial charge in [0.25, 0.3) is 0 Å². The molecule has 0 unspecified atom stereocenters. The molecule has 19 heavy (non-hydrogen) atoms. The lowest BCUT2D eigenvalue weighted by atomic mass is 9.68. The van der Waals surface area contributed by atoms with Crippen molar-refractivity contribution in [3.63, 3.8) is 0 Å². The van der Waals surface area contributed by atoms with Crippen molar-refractivity contribution >= 4 is 20.9 Å². The highest BCUT2D eigenvalue weighted by atomic mass is 32.2. The molecule has 1 fully saturated rings. The molecule has 0 atom stereocenters. The third-order valence-electron chi connectivity index (χ3n) is 4.09. The first-order chi connectivity index (χ1) is 8.94. The number of imidazole rings is 1. The molecule has 6 heteroatoms. The molecule has 3 N–H and O–H groups in total. The highest BCUT2D eigenvalue weighted by molar-refractivity contribution is 7.90. The van der Waals surface area contributed by atoms with Gasteiger partial charge in [-0.15, -0.1) is 0 Å². The van der Waals surface area contributed by atoms with Crippen LogP contribution in [0, 0.1) is 0 Å². The summed E-state index contributed by atoms with van der Waals surface area (Å²) in [5.41, 5.74) is 7.38. The van der Waals surface area contributed by atoms with E-state index in [1.54, 1.807) is 18.2 Å². The van der Waals surface area contributed by atoms with Crippen molar-refractivity contribution < 1.29 is 8.42 Å². The molecule has 2 aromatic rings. The molecule has 3 rings (SSSR count). The Balaban J connectivity index is 2.11. The van der Waals surface area contributed by atoms with E-state index in [1.165, 1.54) is 12.7 Å². The van der Waals surface area contributed by atoms with E-state index < -0.39 is 9.84 Å². The minimum Gasteiger partial charge on any atom is -0.341 e. The van der Waals surface area contributed by atoms with Gasteiger partial charge in [-0.05, 0) is 31.0 Å². The highest BCUT2D eigenvalue weighted by Gasteiger charge is 2.40. The zero-order chi connectivity index (χ0) is 13.7. The molecule has 1 heterocycles. The zero-order valence-corrected chi connectivity index (χ0v) is 11.6. The number of benzene rings is 1. The van der Waals surface area contributed by atoms with Crippen molar-refractivity contribution in [1.82, 2.24) is 9.97 Å². The van der Waals surface area contributed by atoms with E-state index in [-0.39, 0.29) is 5.41 Å². The van der Waals surface area contributed by atoms with Gasteiger partial charge in [0.05, 0.1) is 15.9 Å². The Bertz CT molecular complexity index is 724. The summed E-state index contributed by atoms with van der Waals surface area (Å²) in [7, 11) is -3.19. The molecule has 0 bridgehead atoms. The van der Waals surface area contributed by atoms with Crippen LogP contribution in [-0.2, 0) is 15.3 Å². The second kappa shape index (κ2) is 4.05. The van der Waals surface area contributed by atoms with E-state index in [1.807, 2.05) is 0 Å². The number of rotatable bonds is 3. The molecule has 0 radical (unpaired) electrons. The molecule has 1 aromatic carbocycles. The topological polar surface area (TPSA) is 88.8 Å². The molecule has 0 aliphatic heterocycles. The molecule has 0 amide bonds. The lowest BCUT2D eigenvalue weighted by molar-refractivity contribution is 0.240. The van der Waals surface area contributed by atoms with Crippen LogP contribution in [-0.4, -0.2) is 31.2 Å². The van der Waals surface area contributed by atoms with Crippen LogP contribution in [0.5, 0.6) is 0 Å². The van der Waals surface area contributed by atoms with Crippen LogP contribution in [0.4, 0.5) is 0 Å². The van der Waals surface area contributed by atoms with Crippen molar-refractivity contribution in [3.8, 4) is 0 Å². The van der Waals surface area contributed by atoms with Crippen molar-refractivity contribution in [2.24, 2.45) is 5.73 Å². The number of H-pyrrole nitrogens is 1. The maximum Gasteiger partial charge on any atom is 0.175 e. The van der Waals surface area contributed by atoms with Gasteiger partial charge >= 0.3 is 0 Å². The van der Waals surface area contributed by atoms with E-state index >= 15 is 0 Å². The molecule has 5 nitrogen and oxygen atoms in total. The summed E-state index contributed by atoms with van der Waals surface area (Å²) < 4.78 is 23.1. The van der Waals surface area contributed by atoms with Crippen molar-refractivity contribution in [2.45, 2.75) is 29.6 Å². The van der Waals surface area contributed by atoms with E-state index in [0.717, 1.165) is 29.7 Å². The van der Waals surface area contributed by atoms with Crippen LogP contribution in [0.1, 0.15) is 25.1 Å². The molecule has 1 aliphatic carbocycles. The third-order valence-corrected chi connectivity index (χ3v) is 5.20. The summed E-state index contributed by atoms with van der Waals surface area (Å²) in [6, 6.07) is 4.98. The largest absolute Gasteiger partial charge is 0.341 e. The summed E-state index contributed by atoms with van der Waals surface area (Å²) in [5.74, 6) is 0.891. The summed E-state index contributed by atoms with van der Waals surface area (Å²) in [6.45, 7) is 0.575. The average molecular weight is 279 g/mol. The molecule has 102 valence electrons. The molecule has 0 saturated heterocycles. The first kappa shape index (κ1) is 12.6. The smallest absolute Gasteiger partial charge is 0.175 e. The van der Waals surface area contributed by atoms with Gasteiger partial charge < -0.3 is 10.7 Å². The van der Waals surface area contributed by atoms with E-state index in [2.05, 4.69) is 9.97 Å². The Labute approximate surface area is 112 Å². The van der Waals surface area contributed by atoms with Crippen LogP contribution in [0.25, 0.3) is 11.0 Å². The Morgan fingerprint density at radius 3 is 2.68 bits per heavy atom. The summed E-state index contributed by atoms with van der Waals surface area (Å²) in [4.78, 5) is 8.13. The first-order valence-corrected chi connectivity index (χ1v) is 8.24. The molecular weight excluding hydrogens is 262 g/mol. The van der Waals surface area contributed by atoms with Crippen LogP contribution in [0.2, 0.25) is 0 Å². The van der Waals surface area contributed by atoms with Crippen LogP contribution < -0.4 is 5.73 Å². The lowest BCUT2D eigenvalue weighted by Crippen LogP contribution is -2.42. The van der Waals surface area contributed by atoms with E-state index in [9.17, 15) is 8.42 Å². The number of nitrogens with zero attached hydrogens (tertiary/aromatic N) is 1. The number of fused-ring (bicyclic) bond motifs is 1. The van der Waals surface area contributed by atoms with Crippen molar-refractivity contribution in [1.29, 1.82) is 0 Å². The first-order valence-electron chi connectivity index (χ1n) is 6.35. The Morgan fingerprint density at radius 2 is 2.16 bits per heavy atom. The summed E-state index contributed by atoms with van der Waals surface area (Å²) >= 11 is 0. The fraction of sp³-hybridized carbons (Fsp3) is 0.462. The minimum absolute atomic E-state index is 0.0374. The molecule has 1 aliphatic rings. The second-order valence-corrected chi connectivity index (χ2v) is 7.39. The highest BCUT2D eigenvalue weighted by Crippen LogP contribution is 2.42. The van der Waals surface area contributed by atoms with Gasteiger partial charge in [-0.1, -0.05) is 6.42 Å². The number of nitrogens with two attached hydrogens (primary N) is 1. The SMILES string of the molecule is CS(=O)(=O)c1ccc2nc(C3(CN)CCC3)[nH]c2c1.